The Morgan fingerprint density at radius 3 is 2.40 bits per heavy atom. The third-order valence-corrected chi connectivity index (χ3v) is 5.74. The fourth-order valence-electron chi connectivity index (χ4n) is 3.83. The number of aryl methyl sites for hydroxylation is 1. The van der Waals surface area contributed by atoms with E-state index in [9.17, 15) is 14.4 Å². The van der Waals surface area contributed by atoms with Crippen LogP contribution in [0.2, 0.25) is 0 Å². The van der Waals surface area contributed by atoms with Gasteiger partial charge in [-0.1, -0.05) is 74.4 Å². The number of hydrogen-bond acceptors (Lipinski definition) is 3. The molecule has 4 amide bonds. The molecule has 2 aromatic rings. The number of amides is 4. The summed E-state index contributed by atoms with van der Waals surface area (Å²) in [6, 6.07) is 16.6. The van der Waals surface area contributed by atoms with E-state index in [1.165, 1.54) is 0 Å². The Bertz CT molecular complexity index is 928. The molecule has 0 saturated carbocycles. The van der Waals surface area contributed by atoms with E-state index >= 15 is 0 Å². The van der Waals surface area contributed by atoms with Gasteiger partial charge in [0.1, 0.15) is 12.1 Å². The van der Waals surface area contributed by atoms with Gasteiger partial charge in [-0.15, -0.1) is 0 Å². The summed E-state index contributed by atoms with van der Waals surface area (Å²) in [5, 5.41) is 2.89. The number of carbonyl (C=O) groups is 3. The van der Waals surface area contributed by atoms with Gasteiger partial charge >= 0.3 is 6.03 Å². The average Bonchev–Trinajstić information content (AvgIpc) is 2.99. The van der Waals surface area contributed by atoms with Crippen molar-refractivity contribution in [1.29, 1.82) is 0 Å². The van der Waals surface area contributed by atoms with Gasteiger partial charge in [0.2, 0.25) is 5.91 Å². The lowest BCUT2D eigenvalue weighted by atomic mass is 9.85. The van der Waals surface area contributed by atoms with Crippen molar-refractivity contribution < 1.29 is 14.4 Å². The van der Waals surface area contributed by atoms with Crippen LogP contribution in [-0.4, -0.2) is 41.2 Å². The predicted molar refractivity (Wildman–Crippen MR) is 116 cm³/mol. The molecule has 6 nitrogen and oxygen atoms in total. The zero-order valence-electron chi connectivity index (χ0n) is 17.9. The van der Waals surface area contributed by atoms with Crippen LogP contribution in [0.5, 0.6) is 0 Å². The summed E-state index contributed by atoms with van der Waals surface area (Å²) in [6.45, 7) is 4.19. The first-order valence-corrected chi connectivity index (χ1v) is 10.4. The first-order valence-electron chi connectivity index (χ1n) is 10.4. The summed E-state index contributed by atoms with van der Waals surface area (Å²) in [4.78, 5) is 41.5. The van der Waals surface area contributed by atoms with Crippen LogP contribution in [0.25, 0.3) is 0 Å². The van der Waals surface area contributed by atoms with E-state index < -0.39 is 11.6 Å². The van der Waals surface area contributed by atoms with Gasteiger partial charge in [0.25, 0.3) is 5.91 Å². The maximum Gasteiger partial charge on any atom is 0.325 e. The average molecular weight is 408 g/mol. The Balaban J connectivity index is 1.77. The van der Waals surface area contributed by atoms with Gasteiger partial charge in [0.15, 0.2) is 0 Å². The van der Waals surface area contributed by atoms with Crippen LogP contribution in [0.3, 0.4) is 0 Å². The van der Waals surface area contributed by atoms with Gasteiger partial charge in [-0.05, 0) is 30.0 Å². The SMILES string of the molecule is CCCCC1(c2ccccc2)NC(=O)N(CC(=O)N(C)Cc2ccccc2C)C1=O. The topological polar surface area (TPSA) is 69.7 Å². The van der Waals surface area contributed by atoms with E-state index in [1.54, 1.807) is 11.9 Å². The van der Waals surface area contributed by atoms with Crippen molar-refractivity contribution in [3.8, 4) is 0 Å². The molecule has 1 unspecified atom stereocenters. The Labute approximate surface area is 177 Å². The highest BCUT2D eigenvalue weighted by molar-refractivity contribution is 6.09. The number of imide groups is 1. The molecule has 158 valence electrons. The lowest BCUT2D eigenvalue weighted by molar-refractivity contribution is -0.139. The van der Waals surface area contributed by atoms with Crippen molar-refractivity contribution in [2.45, 2.75) is 45.2 Å². The molecule has 3 rings (SSSR count). The molecule has 1 heterocycles. The van der Waals surface area contributed by atoms with Crippen LogP contribution >= 0.6 is 0 Å². The number of likely N-dealkylation sites (N-methyl/N-ethyl adjacent to an activating group) is 1. The van der Waals surface area contributed by atoms with Crippen LogP contribution in [-0.2, 0) is 21.7 Å². The zero-order chi connectivity index (χ0) is 21.7. The molecule has 0 spiro atoms. The molecule has 1 atom stereocenters. The Morgan fingerprint density at radius 1 is 1.07 bits per heavy atom. The molecule has 6 heteroatoms. The van der Waals surface area contributed by atoms with Crippen molar-refractivity contribution in [3.05, 3.63) is 71.3 Å². The number of unbranched alkanes of at least 4 members (excludes halogenated alkanes) is 1. The van der Waals surface area contributed by atoms with Gasteiger partial charge in [-0.2, -0.15) is 0 Å². The first kappa shape index (κ1) is 21.6. The molecule has 2 aromatic carbocycles. The Kier molecular flexibility index (Phi) is 6.55. The van der Waals surface area contributed by atoms with Crippen molar-refractivity contribution in [2.24, 2.45) is 0 Å². The molecule has 1 saturated heterocycles. The molecular weight excluding hydrogens is 378 g/mol. The molecule has 1 fully saturated rings. The van der Waals surface area contributed by atoms with Crippen molar-refractivity contribution in [3.63, 3.8) is 0 Å². The fraction of sp³-hybridized carbons (Fsp3) is 0.375. The third kappa shape index (κ3) is 4.22. The number of nitrogens with zero attached hydrogens (tertiary/aromatic N) is 2. The zero-order valence-corrected chi connectivity index (χ0v) is 17.9. The quantitative estimate of drug-likeness (QED) is 0.680. The molecule has 0 bridgehead atoms. The molecule has 1 aliphatic heterocycles. The summed E-state index contributed by atoms with van der Waals surface area (Å²) in [7, 11) is 1.69. The lowest BCUT2D eigenvalue weighted by Crippen LogP contribution is -2.45. The second-order valence-corrected chi connectivity index (χ2v) is 7.87. The second kappa shape index (κ2) is 9.11. The summed E-state index contributed by atoms with van der Waals surface area (Å²) < 4.78 is 0. The summed E-state index contributed by atoms with van der Waals surface area (Å²) in [5.74, 6) is -0.633. The molecule has 0 aromatic heterocycles. The number of urea groups is 1. The van der Waals surface area contributed by atoms with Gasteiger partial charge < -0.3 is 10.2 Å². The largest absolute Gasteiger partial charge is 0.340 e. The smallest absolute Gasteiger partial charge is 0.325 e. The summed E-state index contributed by atoms with van der Waals surface area (Å²) in [6.07, 6.45) is 2.19. The molecule has 30 heavy (non-hydrogen) atoms. The van der Waals surface area contributed by atoms with Crippen molar-refractivity contribution in [1.82, 2.24) is 15.1 Å². The van der Waals surface area contributed by atoms with Crippen molar-refractivity contribution in [2.75, 3.05) is 13.6 Å². The van der Waals surface area contributed by atoms with Gasteiger partial charge in [0, 0.05) is 13.6 Å². The highest BCUT2D eigenvalue weighted by Crippen LogP contribution is 2.34. The van der Waals surface area contributed by atoms with Gasteiger partial charge in [0.05, 0.1) is 0 Å². The predicted octanol–water partition coefficient (Wildman–Crippen LogP) is 3.59. The van der Waals surface area contributed by atoms with Crippen LogP contribution in [0.1, 0.15) is 42.9 Å². The fourth-order valence-corrected chi connectivity index (χ4v) is 3.83. The highest BCUT2D eigenvalue weighted by atomic mass is 16.2. The molecule has 1 N–H and O–H groups in total. The van der Waals surface area contributed by atoms with E-state index in [4.69, 9.17) is 0 Å². The monoisotopic (exact) mass is 407 g/mol. The number of hydrogen-bond donors (Lipinski definition) is 1. The molecule has 0 radical (unpaired) electrons. The first-order chi connectivity index (χ1) is 14.4. The van der Waals surface area contributed by atoms with Crippen molar-refractivity contribution >= 4 is 17.8 Å². The number of carbonyl (C=O) groups excluding carboxylic acids is 3. The minimum atomic E-state index is -1.11. The third-order valence-electron chi connectivity index (χ3n) is 5.74. The summed E-state index contributed by atoms with van der Waals surface area (Å²) >= 11 is 0. The molecule has 0 aliphatic carbocycles. The van der Waals surface area contributed by atoms with E-state index in [1.807, 2.05) is 68.4 Å². The molecular formula is C24H29N3O3. The van der Waals surface area contributed by atoms with Crippen LogP contribution in [0.15, 0.2) is 54.6 Å². The van der Waals surface area contributed by atoms with Crippen LogP contribution in [0.4, 0.5) is 4.79 Å². The van der Waals surface area contributed by atoms with E-state index in [-0.39, 0.29) is 18.4 Å². The van der Waals surface area contributed by atoms with Crippen LogP contribution < -0.4 is 5.32 Å². The number of rotatable bonds is 8. The van der Waals surface area contributed by atoms with E-state index in [0.717, 1.165) is 34.4 Å². The van der Waals surface area contributed by atoms with Gasteiger partial charge in [-0.3, -0.25) is 14.5 Å². The standard InChI is InChI=1S/C24H29N3O3/c1-4-5-15-24(20-13-7-6-8-14-20)22(29)27(23(30)25-24)17-21(28)26(3)16-19-12-10-9-11-18(19)2/h6-14H,4-5,15-17H2,1-3H3,(H,25,30). The Morgan fingerprint density at radius 2 is 1.73 bits per heavy atom. The lowest BCUT2D eigenvalue weighted by Gasteiger charge is -2.27. The minimum Gasteiger partial charge on any atom is -0.340 e. The number of nitrogens with one attached hydrogen (secondary N) is 1. The maximum absolute atomic E-state index is 13.4. The molecule has 1 aliphatic rings. The van der Waals surface area contributed by atoms with Crippen LogP contribution in [0, 0.1) is 6.92 Å². The second-order valence-electron chi connectivity index (χ2n) is 7.87. The highest BCUT2D eigenvalue weighted by Gasteiger charge is 2.52. The summed E-state index contributed by atoms with van der Waals surface area (Å²) in [5.41, 5.74) is 1.77. The maximum atomic E-state index is 13.4. The van der Waals surface area contributed by atoms with Gasteiger partial charge in [-0.25, -0.2) is 4.79 Å². The van der Waals surface area contributed by atoms with E-state index in [2.05, 4.69) is 5.32 Å². The number of benzene rings is 2. The van der Waals surface area contributed by atoms with E-state index in [0.29, 0.717) is 13.0 Å². The normalized spacial score (nSPS) is 18.4. The Hall–Kier alpha value is -3.15. The minimum absolute atomic E-state index is 0.270.